The summed E-state index contributed by atoms with van der Waals surface area (Å²) in [4.78, 5) is 3.90. The van der Waals surface area contributed by atoms with Crippen LogP contribution in [0.3, 0.4) is 0 Å². The predicted molar refractivity (Wildman–Crippen MR) is 86.7 cm³/mol. The Morgan fingerprint density at radius 3 is 2.42 bits per heavy atom. The van der Waals surface area contributed by atoms with Gasteiger partial charge in [0, 0.05) is 0 Å². The highest BCUT2D eigenvalue weighted by atomic mass is 32.2. The van der Waals surface area contributed by atoms with Crippen LogP contribution in [-0.2, 0) is 16.2 Å². The maximum Gasteiger partial charge on any atom is 0.418 e. The third-order valence-electron chi connectivity index (χ3n) is 3.01. The van der Waals surface area contributed by atoms with Crippen molar-refractivity contribution >= 4 is 27.2 Å². The quantitative estimate of drug-likeness (QED) is 0.818. The number of rotatable bonds is 6. The number of pyridine rings is 1. The van der Waals surface area contributed by atoms with E-state index in [1.165, 1.54) is 36.5 Å². The fraction of sp³-hybridized carbons (Fsp3) is 0.267. The van der Waals surface area contributed by atoms with Crippen molar-refractivity contribution in [1.29, 1.82) is 0 Å². The number of nitrogens with one attached hydrogen (secondary N) is 2. The van der Waals surface area contributed by atoms with Crippen LogP contribution >= 0.6 is 0 Å². The average Bonchev–Trinajstić information content (AvgIpc) is 2.48. The van der Waals surface area contributed by atoms with Crippen molar-refractivity contribution in [1.82, 2.24) is 4.98 Å². The summed E-state index contributed by atoms with van der Waals surface area (Å²) in [5.74, 6) is 0.0753. The van der Waals surface area contributed by atoms with Crippen LogP contribution in [0.5, 0.6) is 0 Å². The molecule has 2 rings (SSSR count). The molecule has 0 aliphatic carbocycles. The molecule has 2 N–H and O–H groups in total. The monoisotopic (exact) mass is 359 g/mol. The Morgan fingerprint density at radius 1 is 1.12 bits per heavy atom. The first kappa shape index (κ1) is 18.1. The van der Waals surface area contributed by atoms with Crippen LogP contribution in [0.1, 0.15) is 18.9 Å². The van der Waals surface area contributed by atoms with E-state index in [-0.39, 0.29) is 17.3 Å². The van der Waals surface area contributed by atoms with E-state index < -0.39 is 21.8 Å². The van der Waals surface area contributed by atoms with E-state index in [0.717, 1.165) is 6.07 Å². The minimum absolute atomic E-state index is 0.0341. The highest BCUT2D eigenvalue weighted by Gasteiger charge is 2.33. The van der Waals surface area contributed by atoms with Crippen molar-refractivity contribution in [3.8, 4) is 0 Å². The fourth-order valence-corrected chi connectivity index (χ4v) is 3.08. The van der Waals surface area contributed by atoms with E-state index in [1.54, 1.807) is 6.92 Å². The second-order valence-corrected chi connectivity index (χ2v) is 6.86. The molecule has 1 aromatic heterocycles. The Labute approximate surface area is 138 Å². The lowest BCUT2D eigenvalue weighted by molar-refractivity contribution is -0.136. The Hall–Kier alpha value is -2.29. The first-order valence-electron chi connectivity index (χ1n) is 7.11. The summed E-state index contributed by atoms with van der Waals surface area (Å²) in [6.07, 6.45) is -2.76. The van der Waals surface area contributed by atoms with Gasteiger partial charge in [0.25, 0.3) is 0 Å². The Morgan fingerprint density at radius 2 is 1.83 bits per heavy atom. The van der Waals surface area contributed by atoms with Crippen molar-refractivity contribution < 1.29 is 21.6 Å². The van der Waals surface area contributed by atoms with Gasteiger partial charge in [-0.2, -0.15) is 13.2 Å². The highest BCUT2D eigenvalue weighted by Crippen LogP contribution is 2.35. The minimum Gasteiger partial charge on any atom is -0.354 e. The molecule has 0 amide bonds. The van der Waals surface area contributed by atoms with Crippen LogP contribution in [0.2, 0.25) is 0 Å². The van der Waals surface area contributed by atoms with E-state index in [0.29, 0.717) is 12.1 Å². The van der Waals surface area contributed by atoms with Gasteiger partial charge in [-0.3, -0.25) is 4.72 Å². The summed E-state index contributed by atoms with van der Waals surface area (Å²) in [7, 11) is -3.46. The van der Waals surface area contributed by atoms with E-state index >= 15 is 0 Å². The van der Waals surface area contributed by atoms with Crippen molar-refractivity contribution in [2.24, 2.45) is 0 Å². The number of benzene rings is 1. The number of halogens is 3. The molecule has 1 aromatic carbocycles. The van der Waals surface area contributed by atoms with Gasteiger partial charge in [-0.1, -0.05) is 19.1 Å². The number of nitrogens with zero attached hydrogens (tertiary/aromatic N) is 1. The molecule has 2 aromatic rings. The van der Waals surface area contributed by atoms with Gasteiger partial charge >= 0.3 is 6.18 Å². The average molecular weight is 359 g/mol. The molecule has 0 saturated heterocycles. The number of hydrogen-bond donors (Lipinski definition) is 2. The summed E-state index contributed by atoms with van der Waals surface area (Å²) in [5.41, 5.74) is -0.589. The molecule has 0 unspecified atom stereocenters. The molecule has 0 atom stereocenters. The molecular formula is C15H16F3N3O2S. The van der Waals surface area contributed by atoms with Gasteiger partial charge in [-0.25, -0.2) is 13.4 Å². The van der Waals surface area contributed by atoms with Gasteiger partial charge in [-0.15, -0.1) is 0 Å². The van der Waals surface area contributed by atoms with Gasteiger partial charge in [0.1, 0.15) is 5.82 Å². The van der Waals surface area contributed by atoms with Gasteiger partial charge in [0.15, 0.2) is 0 Å². The van der Waals surface area contributed by atoms with E-state index in [4.69, 9.17) is 0 Å². The zero-order valence-corrected chi connectivity index (χ0v) is 13.6. The standard InChI is InChI=1S/C15H16F3N3O2S/c1-2-9-24(22,23)21-14-8-7-11(10-19-14)20-13-6-4-3-5-12(13)15(16,17)18/h3-8,10,20H,2,9H2,1H3,(H,19,21). The normalized spacial score (nSPS) is 12.0. The molecule has 0 bridgehead atoms. The molecule has 9 heteroatoms. The Kier molecular flexibility index (Phi) is 5.33. The molecule has 1 heterocycles. The van der Waals surface area contributed by atoms with Crippen LogP contribution in [-0.4, -0.2) is 19.2 Å². The van der Waals surface area contributed by atoms with Crippen LogP contribution < -0.4 is 10.0 Å². The topological polar surface area (TPSA) is 71.1 Å². The molecular weight excluding hydrogens is 343 g/mol. The SMILES string of the molecule is CCCS(=O)(=O)Nc1ccc(Nc2ccccc2C(F)(F)F)cn1. The first-order chi connectivity index (χ1) is 11.2. The Bertz CT molecular complexity index is 790. The third-order valence-corrected chi connectivity index (χ3v) is 4.47. The molecule has 0 spiro atoms. The zero-order chi connectivity index (χ0) is 17.8. The number of hydrogen-bond acceptors (Lipinski definition) is 4. The summed E-state index contributed by atoms with van der Waals surface area (Å²) in [6, 6.07) is 7.90. The van der Waals surface area contributed by atoms with Crippen LogP contribution in [0.25, 0.3) is 0 Å². The van der Waals surface area contributed by atoms with Gasteiger partial charge in [-0.05, 0) is 30.7 Å². The second kappa shape index (κ2) is 7.08. The number of alkyl halides is 3. The van der Waals surface area contributed by atoms with E-state index in [9.17, 15) is 21.6 Å². The van der Waals surface area contributed by atoms with Crippen LogP contribution in [0, 0.1) is 0 Å². The summed E-state index contributed by atoms with van der Waals surface area (Å²) >= 11 is 0. The maximum atomic E-state index is 12.9. The zero-order valence-electron chi connectivity index (χ0n) is 12.8. The van der Waals surface area contributed by atoms with Gasteiger partial charge in [0.05, 0.1) is 28.9 Å². The summed E-state index contributed by atoms with van der Waals surface area (Å²) in [5, 5.41) is 2.63. The van der Waals surface area contributed by atoms with E-state index in [1.807, 2.05) is 0 Å². The van der Waals surface area contributed by atoms with Crippen LogP contribution in [0.4, 0.5) is 30.4 Å². The lowest BCUT2D eigenvalue weighted by Crippen LogP contribution is -2.16. The lowest BCUT2D eigenvalue weighted by atomic mass is 10.1. The molecule has 5 nitrogen and oxygen atoms in total. The largest absolute Gasteiger partial charge is 0.418 e. The second-order valence-electron chi connectivity index (χ2n) is 5.02. The smallest absolute Gasteiger partial charge is 0.354 e. The van der Waals surface area contributed by atoms with Gasteiger partial charge < -0.3 is 5.32 Å². The predicted octanol–water partition coefficient (Wildman–Crippen LogP) is 4.00. The maximum absolute atomic E-state index is 12.9. The van der Waals surface area contributed by atoms with E-state index in [2.05, 4.69) is 15.0 Å². The van der Waals surface area contributed by atoms with Crippen LogP contribution in [0.15, 0.2) is 42.6 Å². The molecule has 0 fully saturated rings. The fourth-order valence-electron chi connectivity index (χ4n) is 2.00. The van der Waals surface area contributed by atoms with Crippen molar-refractivity contribution in [2.75, 3.05) is 15.8 Å². The molecule has 130 valence electrons. The minimum atomic E-state index is -4.48. The third kappa shape index (κ3) is 4.85. The van der Waals surface area contributed by atoms with Crippen molar-refractivity contribution in [3.63, 3.8) is 0 Å². The summed E-state index contributed by atoms with van der Waals surface area (Å²) in [6.45, 7) is 1.73. The van der Waals surface area contributed by atoms with Gasteiger partial charge in [0.2, 0.25) is 10.0 Å². The molecule has 0 saturated carbocycles. The number of aromatic nitrogens is 1. The molecule has 24 heavy (non-hydrogen) atoms. The summed E-state index contributed by atoms with van der Waals surface area (Å²) < 4.78 is 64.4. The number of para-hydroxylation sites is 1. The lowest BCUT2D eigenvalue weighted by Gasteiger charge is -2.14. The highest BCUT2D eigenvalue weighted by molar-refractivity contribution is 7.92. The van der Waals surface area contributed by atoms with Crippen molar-refractivity contribution in [2.45, 2.75) is 19.5 Å². The number of anilines is 3. The molecule has 0 radical (unpaired) electrons. The van der Waals surface area contributed by atoms with Crippen molar-refractivity contribution in [3.05, 3.63) is 48.2 Å². The first-order valence-corrected chi connectivity index (χ1v) is 8.76. The molecule has 0 aliphatic heterocycles. The Balaban J connectivity index is 2.16. The molecule has 0 aliphatic rings. The number of sulfonamides is 1.